The summed E-state index contributed by atoms with van der Waals surface area (Å²) in [5.74, 6) is -2.37. The van der Waals surface area contributed by atoms with Crippen LogP contribution in [0.15, 0.2) is 119 Å². The van der Waals surface area contributed by atoms with Crippen LogP contribution in [0, 0.1) is 11.9 Å². The molecule has 4 aromatic carbocycles. The molecule has 0 aliphatic carbocycles. The van der Waals surface area contributed by atoms with Gasteiger partial charge in [-0.25, -0.2) is 26.8 Å². The largest absolute Gasteiger partial charge is 0.496 e. The van der Waals surface area contributed by atoms with Crippen LogP contribution in [0.2, 0.25) is 0 Å². The second kappa shape index (κ2) is 18.9. The van der Waals surface area contributed by atoms with Crippen molar-refractivity contribution in [3.63, 3.8) is 0 Å². The standard InChI is InChI=1S/2C23H19F4NO4S/c2*1-31-20-11-14(23(25,26)27)5-7-18(20)17-9-10-32-21-12-16(6-8-19(17)21)33(29,30)13-15-3-2-4-22(24)28-15/h2*2-8,11-12,17H,9-10,13H2,1H3/t2*17-/m10/s1. The molecule has 0 saturated heterocycles. The third-order valence-electron chi connectivity index (χ3n) is 10.9. The molecule has 8 rings (SSSR count). The maximum Gasteiger partial charge on any atom is 0.416 e. The van der Waals surface area contributed by atoms with Crippen LogP contribution in [0.25, 0.3) is 0 Å². The Kier molecular flexibility index (Phi) is 13.7. The number of hydrogen-bond donors (Lipinski definition) is 0. The minimum absolute atomic E-state index is 0.0210. The van der Waals surface area contributed by atoms with Gasteiger partial charge in [-0.1, -0.05) is 36.4 Å². The summed E-state index contributed by atoms with van der Waals surface area (Å²) in [6.45, 7) is 0.494. The van der Waals surface area contributed by atoms with Crippen LogP contribution < -0.4 is 18.9 Å². The maximum absolute atomic E-state index is 13.3. The highest BCUT2D eigenvalue weighted by molar-refractivity contribution is 7.91. The van der Waals surface area contributed by atoms with Crippen molar-refractivity contribution in [2.24, 2.45) is 0 Å². The van der Waals surface area contributed by atoms with Gasteiger partial charge >= 0.3 is 12.4 Å². The van der Waals surface area contributed by atoms with Crippen molar-refractivity contribution in [1.82, 2.24) is 9.97 Å². The average molecular weight is 963 g/mol. The van der Waals surface area contributed by atoms with Gasteiger partial charge in [0, 0.05) is 34.1 Å². The van der Waals surface area contributed by atoms with Crippen LogP contribution in [-0.4, -0.2) is 54.2 Å². The number of benzene rings is 4. The fraction of sp³-hybridized carbons (Fsp3) is 0.261. The van der Waals surface area contributed by atoms with Crippen molar-refractivity contribution in [3.8, 4) is 23.0 Å². The molecular formula is C46H38F8N2O8S2. The van der Waals surface area contributed by atoms with E-state index in [0.29, 0.717) is 46.6 Å². The smallest absolute Gasteiger partial charge is 0.416 e. The lowest BCUT2D eigenvalue weighted by Gasteiger charge is -2.28. The molecule has 0 fully saturated rings. The van der Waals surface area contributed by atoms with E-state index in [0.717, 1.165) is 36.4 Å². The molecule has 2 aliphatic rings. The van der Waals surface area contributed by atoms with Crippen molar-refractivity contribution < 1.29 is 70.9 Å². The zero-order valence-electron chi connectivity index (χ0n) is 34.8. The Morgan fingerprint density at radius 2 is 0.924 bits per heavy atom. The summed E-state index contributed by atoms with van der Waals surface area (Å²) in [5.41, 5.74) is 0.890. The number of hydrogen-bond acceptors (Lipinski definition) is 10. The SMILES string of the molecule is COc1cc(C(F)(F)F)ccc1[C@@H]1CCOc2cc(S(=O)(=O)Cc3cccc(F)n3)ccc21.COc1cc(C(F)(F)F)ccc1[C@H]1CCOc2cc(S(=O)(=O)Cc3cccc(F)n3)ccc21. The second-order valence-electron chi connectivity index (χ2n) is 15.1. The molecule has 0 saturated carbocycles. The number of halogens is 8. The van der Waals surface area contributed by atoms with E-state index < -0.39 is 66.6 Å². The topological polar surface area (TPSA) is 131 Å². The zero-order chi connectivity index (χ0) is 47.6. The Balaban J connectivity index is 0.000000196. The van der Waals surface area contributed by atoms with Crippen LogP contribution >= 0.6 is 0 Å². The van der Waals surface area contributed by atoms with E-state index in [1.807, 2.05) is 0 Å². The molecule has 2 atom stereocenters. The van der Waals surface area contributed by atoms with E-state index in [-0.39, 0.29) is 57.7 Å². The Bertz CT molecular complexity index is 2780. The van der Waals surface area contributed by atoms with Gasteiger partial charge in [0.1, 0.15) is 23.0 Å². The predicted molar refractivity (Wildman–Crippen MR) is 223 cm³/mol. The van der Waals surface area contributed by atoms with Crippen molar-refractivity contribution >= 4 is 19.7 Å². The molecule has 6 aromatic rings. The minimum atomic E-state index is -4.50. The molecule has 0 unspecified atom stereocenters. The number of ether oxygens (including phenoxy) is 4. The van der Waals surface area contributed by atoms with E-state index in [1.165, 1.54) is 74.9 Å². The molecule has 0 N–H and O–H groups in total. The lowest BCUT2D eigenvalue weighted by atomic mass is 9.85. The minimum Gasteiger partial charge on any atom is -0.496 e. The van der Waals surface area contributed by atoms with Gasteiger partial charge in [0.15, 0.2) is 19.7 Å². The quantitative estimate of drug-likeness (QED) is 0.0966. The number of rotatable bonds is 10. The van der Waals surface area contributed by atoms with Gasteiger partial charge in [-0.2, -0.15) is 35.1 Å². The lowest BCUT2D eigenvalue weighted by Crippen LogP contribution is -2.17. The third kappa shape index (κ3) is 10.7. The average Bonchev–Trinajstić information content (AvgIpc) is 3.27. The van der Waals surface area contributed by atoms with Crippen LogP contribution in [0.1, 0.15) is 69.4 Å². The molecule has 348 valence electrons. The Morgan fingerprint density at radius 3 is 1.27 bits per heavy atom. The molecule has 66 heavy (non-hydrogen) atoms. The number of sulfone groups is 2. The molecule has 0 amide bonds. The van der Waals surface area contributed by atoms with Gasteiger partial charge in [0.05, 0.1) is 71.2 Å². The van der Waals surface area contributed by atoms with Gasteiger partial charge in [0.2, 0.25) is 11.9 Å². The maximum atomic E-state index is 13.3. The summed E-state index contributed by atoms with van der Waals surface area (Å²) < 4.78 is 178. The van der Waals surface area contributed by atoms with Crippen molar-refractivity contribution in [1.29, 1.82) is 0 Å². The van der Waals surface area contributed by atoms with Crippen molar-refractivity contribution in [3.05, 3.63) is 166 Å². The van der Waals surface area contributed by atoms with Crippen molar-refractivity contribution in [2.45, 2.75) is 58.3 Å². The Hall–Kier alpha value is -6.28. The lowest BCUT2D eigenvalue weighted by molar-refractivity contribution is -0.138. The number of fused-ring (bicyclic) bond motifs is 2. The summed E-state index contributed by atoms with van der Waals surface area (Å²) in [4.78, 5) is 7.15. The normalized spacial score (nSPS) is 16.1. The molecule has 10 nitrogen and oxygen atoms in total. The highest BCUT2D eigenvalue weighted by atomic mass is 32.2. The molecule has 0 radical (unpaired) electrons. The Labute approximate surface area is 374 Å². The highest BCUT2D eigenvalue weighted by Crippen LogP contribution is 2.46. The number of alkyl halides is 6. The van der Waals surface area contributed by atoms with Crippen LogP contribution in [0.5, 0.6) is 23.0 Å². The highest BCUT2D eigenvalue weighted by Gasteiger charge is 2.35. The second-order valence-corrected chi connectivity index (χ2v) is 19.1. The van der Waals surface area contributed by atoms with E-state index in [1.54, 1.807) is 12.1 Å². The zero-order valence-corrected chi connectivity index (χ0v) is 36.4. The van der Waals surface area contributed by atoms with Crippen LogP contribution in [0.3, 0.4) is 0 Å². The van der Waals surface area contributed by atoms with Gasteiger partial charge in [-0.05, 0) is 85.6 Å². The number of nitrogens with zero attached hydrogens (tertiary/aromatic N) is 2. The summed E-state index contributed by atoms with van der Waals surface area (Å²) in [6, 6.07) is 23.3. The van der Waals surface area contributed by atoms with Crippen LogP contribution in [0.4, 0.5) is 35.1 Å². The summed E-state index contributed by atoms with van der Waals surface area (Å²) in [6.07, 6.45) is -8.04. The summed E-state index contributed by atoms with van der Waals surface area (Å²) in [7, 11) is -5.08. The summed E-state index contributed by atoms with van der Waals surface area (Å²) >= 11 is 0. The fourth-order valence-electron chi connectivity index (χ4n) is 7.74. The monoisotopic (exact) mass is 962 g/mol. The molecule has 4 heterocycles. The molecule has 0 spiro atoms. The first-order chi connectivity index (χ1) is 31.2. The van der Waals surface area contributed by atoms with Crippen LogP contribution in [-0.2, 0) is 43.5 Å². The van der Waals surface area contributed by atoms with E-state index >= 15 is 0 Å². The predicted octanol–water partition coefficient (Wildman–Crippen LogP) is 10.3. The van der Waals surface area contributed by atoms with E-state index in [2.05, 4.69) is 9.97 Å². The fourth-order valence-corrected chi connectivity index (χ4v) is 10.3. The molecule has 2 aromatic heterocycles. The number of pyridine rings is 2. The first-order valence-electron chi connectivity index (χ1n) is 19.9. The third-order valence-corrected chi connectivity index (χ3v) is 14.2. The molecule has 0 bridgehead atoms. The van der Waals surface area contributed by atoms with Crippen molar-refractivity contribution in [2.75, 3.05) is 27.4 Å². The first-order valence-corrected chi connectivity index (χ1v) is 23.2. The van der Waals surface area contributed by atoms with Gasteiger partial charge < -0.3 is 18.9 Å². The Morgan fingerprint density at radius 1 is 0.545 bits per heavy atom. The molecular weight excluding hydrogens is 925 g/mol. The van der Waals surface area contributed by atoms with Gasteiger partial charge in [0.25, 0.3) is 0 Å². The summed E-state index contributed by atoms with van der Waals surface area (Å²) in [5, 5.41) is 0. The molecule has 20 heteroatoms. The first kappa shape index (κ1) is 47.7. The van der Waals surface area contributed by atoms with Gasteiger partial charge in [-0.15, -0.1) is 0 Å². The van der Waals surface area contributed by atoms with E-state index in [9.17, 15) is 52.0 Å². The molecule has 2 aliphatic heterocycles. The number of methoxy groups -OCH3 is 2. The number of aromatic nitrogens is 2. The van der Waals surface area contributed by atoms with Gasteiger partial charge in [-0.3, -0.25) is 0 Å². The van der Waals surface area contributed by atoms with E-state index in [4.69, 9.17) is 18.9 Å².